The first kappa shape index (κ1) is 21.2. The lowest BCUT2D eigenvalue weighted by Gasteiger charge is -2.20. The highest BCUT2D eigenvalue weighted by Gasteiger charge is 2.43. The van der Waals surface area contributed by atoms with Gasteiger partial charge in [0.05, 0.1) is 28.2 Å². The predicted molar refractivity (Wildman–Crippen MR) is 132 cm³/mol. The van der Waals surface area contributed by atoms with Crippen LogP contribution in [0, 0.1) is 6.92 Å². The van der Waals surface area contributed by atoms with Crippen molar-refractivity contribution in [3.63, 3.8) is 0 Å². The third-order valence-electron chi connectivity index (χ3n) is 6.88. The SMILES string of the molecule is CCN1C(=O)C(C)(C)c2cc3nc(-c4c[nH]c(=O)c(C)c4)n([C@@H](C)c4ccccc4)c3cc21. The number of carbonyl (C=O) groups excluding carboxylic acids is 1. The van der Waals surface area contributed by atoms with Crippen molar-refractivity contribution in [3.05, 3.63) is 81.8 Å². The van der Waals surface area contributed by atoms with Crippen molar-refractivity contribution in [2.75, 3.05) is 11.4 Å². The molecule has 1 amide bonds. The molecule has 0 saturated carbocycles. The Morgan fingerprint density at radius 1 is 1.09 bits per heavy atom. The Morgan fingerprint density at radius 2 is 1.82 bits per heavy atom. The number of aryl methyl sites for hydroxylation is 1. The Balaban J connectivity index is 1.82. The highest BCUT2D eigenvalue weighted by atomic mass is 16.2. The minimum atomic E-state index is -0.594. The second kappa shape index (κ2) is 7.44. The zero-order chi connectivity index (χ0) is 23.5. The smallest absolute Gasteiger partial charge is 0.250 e. The van der Waals surface area contributed by atoms with Crippen molar-refractivity contribution in [1.29, 1.82) is 0 Å². The number of hydrogen-bond donors (Lipinski definition) is 1. The van der Waals surface area contributed by atoms with E-state index >= 15 is 0 Å². The number of hydrogen-bond acceptors (Lipinski definition) is 3. The van der Waals surface area contributed by atoms with Crippen LogP contribution in [0.5, 0.6) is 0 Å². The zero-order valence-electron chi connectivity index (χ0n) is 19.6. The van der Waals surface area contributed by atoms with Crippen molar-refractivity contribution in [2.45, 2.75) is 46.1 Å². The van der Waals surface area contributed by atoms with E-state index in [9.17, 15) is 9.59 Å². The summed E-state index contributed by atoms with van der Waals surface area (Å²) in [5, 5.41) is 0. The van der Waals surface area contributed by atoms with Gasteiger partial charge in [-0.15, -0.1) is 0 Å². The quantitative estimate of drug-likeness (QED) is 0.488. The fourth-order valence-corrected chi connectivity index (χ4v) is 4.93. The van der Waals surface area contributed by atoms with Crippen molar-refractivity contribution in [2.24, 2.45) is 0 Å². The van der Waals surface area contributed by atoms with E-state index < -0.39 is 5.41 Å². The molecule has 0 saturated heterocycles. The van der Waals surface area contributed by atoms with Crippen molar-refractivity contribution in [3.8, 4) is 11.4 Å². The molecule has 6 heteroatoms. The van der Waals surface area contributed by atoms with E-state index in [2.05, 4.69) is 40.7 Å². The van der Waals surface area contributed by atoms with Gasteiger partial charge >= 0.3 is 0 Å². The van der Waals surface area contributed by atoms with E-state index in [4.69, 9.17) is 4.98 Å². The Morgan fingerprint density at radius 3 is 2.48 bits per heavy atom. The first-order valence-electron chi connectivity index (χ1n) is 11.4. The summed E-state index contributed by atoms with van der Waals surface area (Å²) in [6.45, 7) is 10.5. The van der Waals surface area contributed by atoms with Crippen LogP contribution in [0.1, 0.15) is 50.4 Å². The van der Waals surface area contributed by atoms with E-state index in [1.807, 2.05) is 49.9 Å². The number of imidazole rings is 1. The summed E-state index contributed by atoms with van der Waals surface area (Å²) in [4.78, 5) is 34.8. The van der Waals surface area contributed by atoms with Crippen LogP contribution in [-0.4, -0.2) is 27.0 Å². The molecule has 168 valence electrons. The third kappa shape index (κ3) is 3.12. The number of amides is 1. The number of aromatic nitrogens is 3. The molecule has 0 spiro atoms. The predicted octanol–water partition coefficient (Wildman–Crippen LogP) is 4.95. The maximum atomic E-state index is 13.1. The number of H-pyrrole nitrogens is 1. The van der Waals surface area contributed by atoms with Gasteiger partial charge in [0.1, 0.15) is 5.82 Å². The minimum Gasteiger partial charge on any atom is -0.328 e. The Kier molecular flexibility index (Phi) is 4.78. The molecular weight excluding hydrogens is 412 g/mol. The second-order valence-electron chi connectivity index (χ2n) is 9.33. The number of rotatable bonds is 4. The van der Waals surface area contributed by atoms with Gasteiger partial charge in [-0.2, -0.15) is 0 Å². The summed E-state index contributed by atoms with van der Waals surface area (Å²) in [6.07, 6.45) is 1.73. The van der Waals surface area contributed by atoms with Crippen LogP contribution in [0.25, 0.3) is 22.4 Å². The fourth-order valence-electron chi connectivity index (χ4n) is 4.93. The molecule has 33 heavy (non-hydrogen) atoms. The average Bonchev–Trinajstić information content (AvgIpc) is 3.27. The highest BCUT2D eigenvalue weighted by Crippen LogP contribution is 2.44. The molecule has 1 atom stereocenters. The lowest BCUT2D eigenvalue weighted by molar-refractivity contribution is -0.122. The fraction of sp³-hybridized carbons (Fsp3) is 0.296. The summed E-state index contributed by atoms with van der Waals surface area (Å²) in [5.74, 6) is 0.906. The maximum Gasteiger partial charge on any atom is 0.250 e. The molecule has 1 aliphatic rings. The molecule has 0 radical (unpaired) electrons. The number of nitrogens with one attached hydrogen (secondary N) is 1. The van der Waals surface area contributed by atoms with Gasteiger partial charge in [-0.3, -0.25) is 9.59 Å². The summed E-state index contributed by atoms with van der Waals surface area (Å²) < 4.78 is 2.21. The van der Waals surface area contributed by atoms with Gasteiger partial charge in [0.2, 0.25) is 5.91 Å². The normalized spacial score (nSPS) is 15.8. The summed E-state index contributed by atoms with van der Waals surface area (Å²) in [6, 6.07) is 16.3. The highest BCUT2D eigenvalue weighted by molar-refractivity contribution is 6.09. The van der Waals surface area contributed by atoms with Gasteiger partial charge in [-0.1, -0.05) is 30.3 Å². The lowest BCUT2D eigenvalue weighted by Crippen LogP contribution is -2.35. The number of likely N-dealkylation sites (N-methyl/N-ethyl adjacent to an activating group) is 1. The molecule has 6 nitrogen and oxygen atoms in total. The molecule has 2 aromatic carbocycles. The van der Waals surface area contributed by atoms with Crippen LogP contribution in [0.4, 0.5) is 5.69 Å². The molecule has 1 N–H and O–H groups in total. The van der Waals surface area contributed by atoms with Crippen molar-refractivity contribution >= 4 is 22.6 Å². The number of carbonyl (C=O) groups is 1. The van der Waals surface area contributed by atoms with Gasteiger partial charge in [0, 0.05) is 23.9 Å². The lowest BCUT2D eigenvalue weighted by atomic mass is 9.86. The number of fused-ring (bicyclic) bond motifs is 2. The standard InChI is InChI=1S/C27H28N4O2/c1-6-30-22-14-23-21(13-20(22)27(4,5)26(30)33)29-24(19-12-16(2)25(32)28-15-19)31(23)17(3)18-10-8-7-9-11-18/h7-15,17H,6H2,1-5H3,(H,28,32)/t17-/m0/s1. The zero-order valence-corrected chi connectivity index (χ0v) is 19.6. The molecule has 0 aliphatic carbocycles. The third-order valence-corrected chi connectivity index (χ3v) is 6.88. The largest absolute Gasteiger partial charge is 0.328 e. The van der Waals surface area contributed by atoms with Gasteiger partial charge in [0.15, 0.2) is 0 Å². The first-order chi connectivity index (χ1) is 15.7. The van der Waals surface area contributed by atoms with E-state index in [0.717, 1.165) is 39.2 Å². The molecule has 5 rings (SSSR count). The van der Waals surface area contributed by atoms with Crippen LogP contribution in [-0.2, 0) is 10.2 Å². The number of nitrogens with zero attached hydrogens (tertiary/aromatic N) is 3. The van der Waals surface area contributed by atoms with Gasteiger partial charge in [-0.05, 0) is 63.9 Å². The molecule has 0 bridgehead atoms. The molecule has 0 unspecified atom stereocenters. The summed E-state index contributed by atoms with van der Waals surface area (Å²) >= 11 is 0. The van der Waals surface area contributed by atoms with Crippen LogP contribution < -0.4 is 10.5 Å². The maximum absolute atomic E-state index is 13.1. The molecule has 2 aromatic heterocycles. The summed E-state index contributed by atoms with van der Waals surface area (Å²) in [7, 11) is 0. The van der Waals surface area contributed by atoms with Gasteiger partial charge < -0.3 is 14.5 Å². The number of pyridine rings is 1. The Hall–Kier alpha value is -3.67. The summed E-state index contributed by atoms with van der Waals surface area (Å²) in [5.41, 5.74) is 5.72. The average molecular weight is 441 g/mol. The van der Waals surface area contributed by atoms with Gasteiger partial charge in [-0.25, -0.2) is 4.98 Å². The van der Waals surface area contributed by atoms with Crippen LogP contribution in [0.2, 0.25) is 0 Å². The number of benzene rings is 2. The van der Waals surface area contributed by atoms with Gasteiger partial charge in [0.25, 0.3) is 5.56 Å². The van der Waals surface area contributed by atoms with E-state index in [0.29, 0.717) is 12.1 Å². The van der Waals surface area contributed by atoms with E-state index in [1.165, 1.54) is 0 Å². The van der Waals surface area contributed by atoms with Crippen LogP contribution in [0.3, 0.4) is 0 Å². The van der Waals surface area contributed by atoms with Crippen molar-refractivity contribution < 1.29 is 4.79 Å². The van der Waals surface area contributed by atoms with Crippen molar-refractivity contribution in [1.82, 2.24) is 14.5 Å². The Labute approximate surface area is 192 Å². The van der Waals surface area contributed by atoms with Crippen LogP contribution in [0.15, 0.2) is 59.5 Å². The molecule has 3 heterocycles. The first-order valence-corrected chi connectivity index (χ1v) is 11.4. The molecule has 1 aliphatic heterocycles. The number of anilines is 1. The number of aromatic amines is 1. The van der Waals surface area contributed by atoms with E-state index in [-0.39, 0.29) is 17.5 Å². The Bertz CT molecular complexity index is 1450. The monoisotopic (exact) mass is 440 g/mol. The molecule has 4 aromatic rings. The molecular formula is C27H28N4O2. The van der Waals surface area contributed by atoms with E-state index in [1.54, 1.807) is 13.1 Å². The van der Waals surface area contributed by atoms with Crippen LogP contribution >= 0.6 is 0 Å². The molecule has 0 fully saturated rings. The minimum absolute atomic E-state index is 0.00308. The second-order valence-corrected chi connectivity index (χ2v) is 9.33. The topological polar surface area (TPSA) is 71.0 Å².